The van der Waals surface area contributed by atoms with Crippen molar-refractivity contribution in [1.29, 1.82) is 0 Å². The van der Waals surface area contributed by atoms with Gasteiger partial charge in [-0.25, -0.2) is 4.98 Å². The second kappa shape index (κ2) is 7.78. The van der Waals surface area contributed by atoms with Gasteiger partial charge in [0.2, 0.25) is 0 Å². The van der Waals surface area contributed by atoms with Crippen LogP contribution in [0.2, 0.25) is 0 Å². The third-order valence-corrected chi connectivity index (χ3v) is 3.85. The Morgan fingerprint density at radius 1 is 1.47 bits per heavy atom. The number of anilines is 2. The molecule has 1 amide bonds. The first-order valence-electron chi connectivity index (χ1n) is 6.54. The summed E-state index contributed by atoms with van der Waals surface area (Å²) >= 11 is 1.35. The van der Waals surface area contributed by atoms with E-state index < -0.39 is 0 Å². The van der Waals surface area contributed by atoms with Crippen molar-refractivity contribution in [2.75, 3.05) is 30.3 Å². The van der Waals surface area contributed by atoms with Gasteiger partial charge in [0.15, 0.2) is 5.13 Å². The van der Waals surface area contributed by atoms with Crippen LogP contribution in [0.5, 0.6) is 0 Å². The van der Waals surface area contributed by atoms with Gasteiger partial charge in [-0.15, -0.1) is 0 Å². The molecule has 6 heteroatoms. The van der Waals surface area contributed by atoms with Crippen molar-refractivity contribution in [2.45, 2.75) is 27.2 Å². The lowest BCUT2D eigenvalue weighted by Crippen LogP contribution is -2.24. The molecule has 0 aliphatic carbocycles. The monoisotopic (exact) mass is 282 g/mol. The number of nitrogens with one attached hydrogen (secondary N) is 1. The van der Waals surface area contributed by atoms with Crippen molar-refractivity contribution < 1.29 is 4.79 Å². The minimum Gasteiger partial charge on any atom is -0.382 e. The fraction of sp³-hybridized carbons (Fsp3) is 0.538. The molecule has 0 atom stereocenters. The van der Waals surface area contributed by atoms with Crippen LogP contribution in [0.4, 0.5) is 10.9 Å². The quantitative estimate of drug-likeness (QED) is 0.594. The van der Waals surface area contributed by atoms with Gasteiger partial charge in [0.25, 0.3) is 5.91 Å². The van der Waals surface area contributed by atoms with E-state index in [1.807, 2.05) is 19.1 Å². The van der Waals surface area contributed by atoms with Crippen molar-refractivity contribution in [3.8, 4) is 0 Å². The molecule has 5 nitrogen and oxygen atoms in total. The normalized spacial score (nSPS) is 10.9. The minimum absolute atomic E-state index is 0.141. The number of hydrogen-bond donors (Lipinski definition) is 2. The van der Waals surface area contributed by atoms with E-state index in [9.17, 15) is 4.79 Å². The van der Waals surface area contributed by atoms with E-state index in [4.69, 9.17) is 5.73 Å². The number of nitrogens with two attached hydrogens (primary N) is 1. The largest absolute Gasteiger partial charge is 0.382 e. The van der Waals surface area contributed by atoms with Gasteiger partial charge in [0.1, 0.15) is 10.7 Å². The average molecular weight is 282 g/mol. The maximum absolute atomic E-state index is 12.0. The molecule has 1 rings (SSSR count). The van der Waals surface area contributed by atoms with Crippen LogP contribution in [0, 0.1) is 0 Å². The Labute approximate surface area is 118 Å². The van der Waals surface area contributed by atoms with Crippen LogP contribution >= 0.6 is 11.3 Å². The van der Waals surface area contributed by atoms with Gasteiger partial charge >= 0.3 is 0 Å². The molecule has 0 radical (unpaired) electrons. The molecule has 19 heavy (non-hydrogen) atoms. The molecule has 0 aromatic carbocycles. The van der Waals surface area contributed by atoms with Gasteiger partial charge in [-0.05, 0) is 27.2 Å². The van der Waals surface area contributed by atoms with Crippen LogP contribution in [0.3, 0.4) is 0 Å². The van der Waals surface area contributed by atoms with Gasteiger partial charge in [0.05, 0.1) is 0 Å². The molecule has 0 saturated carbocycles. The first kappa shape index (κ1) is 15.5. The van der Waals surface area contributed by atoms with Gasteiger partial charge in [-0.3, -0.25) is 4.79 Å². The van der Waals surface area contributed by atoms with E-state index in [1.54, 1.807) is 0 Å². The number of amides is 1. The number of carbonyl (C=O) groups is 1. The second-order valence-electron chi connectivity index (χ2n) is 4.00. The van der Waals surface area contributed by atoms with Crippen LogP contribution < -0.4 is 16.0 Å². The molecule has 0 aliphatic heterocycles. The fourth-order valence-electron chi connectivity index (χ4n) is 1.63. The Morgan fingerprint density at radius 3 is 2.74 bits per heavy atom. The van der Waals surface area contributed by atoms with Crippen LogP contribution in [-0.4, -0.2) is 30.5 Å². The molecule has 3 N–H and O–H groups in total. The van der Waals surface area contributed by atoms with Crippen LogP contribution in [0.1, 0.15) is 36.9 Å². The highest BCUT2D eigenvalue weighted by Gasteiger charge is 2.17. The lowest BCUT2D eigenvalue weighted by Gasteiger charge is -2.16. The van der Waals surface area contributed by atoms with Crippen LogP contribution in [0.25, 0.3) is 0 Å². The highest BCUT2D eigenvalue weighted by molar-refractivity contribution is 7.18. The van der Waals surface area contributed by atoms with Crippen molar-refractivity contribution in [3.05, 3.63) is 17.0 Å². The van der Waals surface area contributed by atoms with Gasteiger partial charge < -0.3 is 16.0 Å². The number of nitrogen functional groups attached to an aromatic ring is 1. The summed E-state index contributed by atoms with van der Waals surface area (Å²) in [6, 6.07) is 0. The predicted molar refractivity (Wildman–Crippen MR) is 81.9 cm³/mol. The van der Waals surface area contributed by atoms with Crippen LogP contribution in [-0.2, 0) is 0 Å². The summed E-state index contributed by atoms with van der Waals surface area (Å²) in [7, 11) is 0. The van der Waals surface area contributed by atoms with Gasteiger partial charge in [-0.1, -0.05) is 23.5 Å². The van der Waals surface area contributed by atoms with E-state index in [-0.39, 0.29) is 5.91 Å². The Bertz CT molecular complexity index is 438. The molecule has 0 spiro atoms. The number of aromatic nitrogens is 1. The summed E-state index contributed by atoms with van der Waals surface area (Å²) in [6.45, 7) is 8.38. The first-order valence-corrected chi connectivity index (χ1v) is 7.36. The molecular weight excluding hydrogens is 260 g/mol. The van der Waals surface area contributed by atoms with Gasteiger partial charge in [-0.2, -0.15) is 0 Å². The van der Waals surface area contributed by atoms with E-state index in [2.05, 4.69) is 29.0 Å². The number of rotatable bonds is 7. The summed E-state index contributed by atoms with van der Waals surface area (Å²) in [5.74, 6) is 0.174. The molecule has 0 aliphatic rings. The molecule has 0 saturated heterocycles. The van der Waals surface area contributed by atoms with E-state index in [1.165, 1.54) is 11.3 Å². The van der Waals surface area contributed by atoms with E-state index in [0.29, 0.717) is 17.2 Å². The maximum Gasteiger partial charge on any atom is 0.265 e. The van der Waals surface area contributed by atoms with Gasteiger partial charge in [0, 0.05) is 19.6 Å². The number of hydrogen-bond acceptors (Lipinski definition) is 5. The topological polar surface area (TPSA) is 71.2 Å². The average Bonchev–Trinajstić information content (AvgIpc) is 2.78. The third kappa shape index (κ3) is 4.24. The number of allylic oxidation sites excluding steroid dienone is 1. The zero-order valence-corrected chi connectivity index (χ0v) is 12.6. The SMILES string of the molecule is C/C=C/CCNC(=O)c1sc(N(CC)CC)nc1N. The summed E-state index contributed by atoms with van der Waals surface area (Å²) in [5.41, 5.74) is 5.82. The Balaban J connectivity index is 2.69. The van der Waals surface area contributed by atoms with E-state index >= 15 is 0 Å². The number of thiazole rings is 1. The molecule has 0 unspecified atom stereocenters. The third-order valence-electron chi connectivity index (χ3n) is 2.71. The summed E-state index contributed by atoms with van der Waals surface area (Å²) in [6.07, 6.45) is 4.80. The standard InChI is InChI=1S/C13H22N4OS/c1-4-7-8-9-15-12(18)10-11(14)16-13(19-10)17(5-2)6-3/h4,7H,5-6,8-9,14H2,1-3H3,(H,15,18)/b7-4+. The van der Waals surface area contributed by atoms with E-state index in [0.717, 1.165) is 24.6 Å². The predicted octanol–water partition coefficient (Wildman–Crippen LogP) is 2.27. The minimum atomic E-state index is -0.141. The fourth-order valence-corrected chi connectivity index (χ4v) is 2.66. The first-order chi connectivity index (χ1) is 9.13. The highest BCUT2D eigenvalue weighted by atomic mass is 32.1. The molecule has 1 aromatic rings. The number of nitrogens with zero attached hydrogens (tertiary/aromatic N) is 2. The van der Waals surface area contributed by atoms with Crippen molar-refractivity contribution in [3.63, 3.8) is 0 Å². The van der Waals surface area contributed by atoms with Crippen molar-refractivity contribution in [2.24, 2.45) is 0 Å². The molecule has 0 bridgehead atoms. The molecule has 1 aromatic heterocycles. The Kier molecular flexibility index (Phi) is 6.35. The van der Waals surface area contributed by atoms with Crippen molar-refractivity contribution >= 4 is 28.2 Å². The smallest absolute Gasteiger partial charge is 0.265 e. The Hall–Kier alpha value is -1.56. The summed E-state index contributed by atoms with van der Waals surface area (Å²) in [4.78, 5) is 18.8. The molecule has 0 fully saturated rings. The Morgan fingerprint density at radius 2 is 2.16 bits per heavy atom. The second-order valence-corrected chi connectivity index (χ2v) is 4.97. The molecule has 106 valence electrons. The highest BCUT2D eigenvalue weighted by Crippen LogP contribution is 2.27. The summed E-state index contributed by atoms with van der Waals surface area (Å²) < 4.78 is 0. The lowest BCUT2D eigenvalue weighted by molar-refractivity contribution is 0.0959. The molecule has 1 heterocycles. The van der Waals surface area contributed by atoms with Crippen molar-refractivity contribution in [1.82, 2.24) is 10.3 Å². The zero-order valence-electron chi connectivity index (χ0n) is 11.8. The number of carbonyl (C=O) groups excluding carboxylic acids is 1. The zero-order chi connectivity index (χ0) is 14.3. The molecular formula is C13H22N4OS. The maximum atomic E-state index is 12.0. The van der Waals surface area contributed by atoms with Crippen LogP contribution in [0.15, 0.2) is 12.2 Å². The summed E-state index contributed by atoms with van der Waals surface area (Å²) in [5, 5.41) is 3.65. The lowest BCUT2D eigenvalue weighted by atomic mass is 10.3.